The van der Waals surface area contributed by atoms with Gasteiger partial charge < -0.3 is 15.8 Å². The quantitative estimate of drug-likeness (QED) is 0.850. The van der Waals surface area contributed by atoms with Crippen molar-refractivity contribution in [2.24, 2.45) is 5.73 Å². The molecule has 0 saturated heterocycles. The molecule has 0 aliphatic rings. The Kier molecular flexibility index (Phi) is 5.85. The number of carbonyl (C=O) groups is 1. The molecule has 1 amide bonds. The highest BCUT2D eigenvalue weighted by Crippen LogP contribution is 2.28. The first-order valence-corrected chi connectivity index (χ1v) is 4.74. The zero-order chi connectivity index (χ0) is 11.4. The lowest BCUT2D eigenvalue weighted by molar-refractivity contribution is -0.114. The molecule has 0 saturated carbocycles. The van der Waals surface area contributed by atoms with E-state index in [1.165, 1.54) is 0 Å². The summed E-state index contributed by atoms with van der Waals surface area (Å²) < 4.78 is 5.25. The van der Waals surface area contributed by atoms with Crippen LogP contribution in [0.15, 0.2) is 12.1 Å². The fourth-order valence-corrected chi connectivity index (χ4v) is 1.48. The highest BCUT2D eigenvalue weighted by atomic mass is 35.5. The van der Waals surface area contributed by atoms with E-state index in [-0.39, 0.29) is 24.9 Å². The van der Waals surface area contributed by atoms with Crippen LogP contribution in [0.5, 0.6) is 5.75 Å². The number of ether oxygens (including phenoxy) is 1. The molecule has 0 spiro atoms. The van der Waals surface area contributed by atoms with E-state index in [0.717, 1.165) is 22.6 Å². The molecule has 3 N–H and O–H groups in total. The van der Waals surface area contributed by atoms with Crippen LogP contribution >= 0.6 is 12.4 Å². The number of rotatable bonds is 3. The van der Waals surface area contributed by atoms with Crippen LogP contribution in [0.4, 0.5) is 5.69 Å². The third kappa shape index (κ3) is 3.12. The average molecular weight is 245 g/mol. The second kappa shape index (κ2) is 6.35. The fraction of sp³-hybridized carbons (Fsp3) is 0.364. The zero-order valence-electron chi connectivity index (χ0n) is 9.66. The minimum absolute atomic E-state index is 0. The van der Waals surface area contributed by atoms with Gasteiger partial charge in [0.2, 0.25) is 5.91 Å². The van der Waals surface area contributed by atoms with Gasteiger partial charge in [0.1, 0.15) is 5.75 Å². The van der Waals surface area contributed by atoms with Crippen molar-refractivity contribution in [3.8, 4) is 5.75 Å². The molecule has 1 rings (SSSR count). The monoisotopic (exact) mass is 244 g/mol. The summed E-state index contributed by atoms with van der Waals surface area (Å²) in [7, 11) is 1.61. The number of benzene rings is 1. The fourth-order valence-electron chi connectivity index (χ4n) is 1.48. The minimum atomic E-state index is -0.205. The summed E-state index contributed by atoms with van der Waals surface area (Å²) in [5.41, 5.74) is 7.93. The van der Waals surface area contributed by atoms with Gasteiger partial charge in [-0.25, -0.2) is 0 Å². The summed E-state index contributed by atoms with van der Waals surface area (Å²) in [5, 5.41) is 2.72. The lowest BCUT2D eigenvalue weighted by atomic mass is 10.1. The van der Waals surface area contributed by atoms with Crippen molar-refractivity contribution in [3.63, 3.8) is 0 Å². The maximum atomic E-state index is 11.1. The van der Waals surface area contributed by atoms with E-state index < -0.39 is 0 Å². The number of hydrogen-bond acceptors (Lipinski definition) is 3. The Balaban J connectivity index is 0.00000225. The number of nitrogens with one attached hydrogen (secondary N) is 1. The summed E-state index contributed by atoms with van der Waals surface area (Å²) in [4.78, 5) is 11.1. The molecule has 1 aromatic carbocycles. The summed E-state index contributed by atoms with van der Waals surface area (Å²) in [6.45, 7) is 3.84. The molecule has 5 heteroatoms. The second-order valence-electron chi connectivity index (χ2n) is 3.34. The lowest BCUT2D eigenvalue weighted by Gasteiger charge is -2.13. The first-order chi connectivity index (χ1) is 7.10. The van der Waals surface area contributed by atoms with Gasteiger partial charge >= 0.3 is 0 Å². The van der Waals surface area contributed by atoms with Crippen LogP contribution < -0.4 is 15.8 Å². The Bertz CT molecular complexity index is 380. The molecule has 0 heterocycles. The van der Waals surface area contributed by atoms with E-state index in [9.17, 15) is 4.79 Å². The van der Waals surface area contributed by atoms with Crippen molar-refractivity contribution in [1.29, 1.82) is 0 Å². The van der Waals surface area contributed by atoms with Crippen LogP contribution in [-0.2, 0) is 4.79 Å². The first kappa shape index (κ1) is 14.7. The number of amides is 1. The van der Waals surface area contributed by atoms with E-state index in [4.69, 9.17) is 10.5 Å². The predicted molar refractivity (Wildman–Crippen MR) is 67.4 cm³/mol. The number of aryl methyl sites for hydroxylation is 1. The smallest absolute Gasteiger partial charge is 0.238 e. The number of hydrogen-bond donors (Lipinski definition) is 2. The number of nitrogens with two attached hydrogens (primary N) is 1. The van der Waals surface area contributed by atoms with Crippen molar-refractivity contribution in [3.05, 3.63) is 23.3 Å². The van der Waals surface area contributed by atoms with Crippen LogP contribution in [0.25, 0.3) is 0 Å². The summed E-state index contributed by atoms with van der Waals surface area (Å²) >= 11 is 0. The van der Waals surface area contributed by atoms with Gasteiger partial charge in [0.15, 0.2) is 0 Å². The SMILES string of the molecule is COc1c(C)ccc(NC(=O)CN)c1C.Cl. The zero-order valence-corrected chi connectivity index (χ0v) is 10.5. The summed E-state index contributed by atoms with van der Waals surface area (Å²) in [6, 6.07) is 3.75. The van der Waals surface area contributed by atoms with Gasteiger partial charge in [0, 0.05) is 11.3 Å². The molecule has 90 valence electrons. The number of anilines is 1. The molecule has 4 nitrogen and oxygen atoms in total. The molecule has 0 aromatic heterocycles. The van der Waals surface area contributed by atoms with E-state index in [1.807, 2.05) is 26.0 Å². The third-order valence-corrected chi connectivity index (χ3v) is 2.27. The number of carbonyl (C=O) groups excluding carboxylic acids is 1. The summed E-state index contributed by atoms with van der Waals surface area (Å²) in [5.74, 6) is 0.592. The van der Waals surface area contributed by atoms with Crippen molar-refractivity contribution in [2.75, 3.05) is 19.0 Å². The first-order valence-electron chi connectivity index (χ1n) is 4.74. The lowest BCUT2D eigenvalue weighted by Crippen LogP contribution is -2.22. The van der Waals surface area contributed by atoms with Crippen LogP contribution in [-0.4, -0.2) is 19.6 Å². The predicted octanol–water partition coefficient (Wildman–Crippen LogP) is 1.63. The van der Waals surface area contributed by atoms with Gasteiger partial charge in [0.25, 0.3) is 0 Å². The van der Waals surface area contributed by atoms with Crippen molar-refractivity contribution in [1.82, 2.24) is 0 Å². The molecular formula is C11H17ClN2O2. The average Bonchev–Trinajstić information content (AvgIpc) is 2.23. The van der Waals surface area contributed by atoms with Gasteiger partial charge in [-0.1, -0.05) is 6.07 Å². The normalized spacial score (nSPS) is 9.25. The van der Waals surface area contributed by atoms with Crippen LogP contribution in [0.1, 0.15) is 11.1 Å². The molecule has 0 radical (unpaired) electrons. The van der Waals surface area contributed by atoms with E-state index in [1.54, 1.807) is 7.11 Å². The van der Waals surface area contributed by atoms with Gasteiger partial charge in [-0.05, 0) is 25.5 Å². The van der Waals surface area contributed by atoms with Crippen LogP contribution in [0.3, 0.4) is 0 Å². The number of halogens is 1. The van der Waals surface area contributed by atoms with E-state index in [0.29, 0.717) is 0 Å². The van der Waals surface area contributed by atoms with Crippen LogP contribution in [0.2, 0.25) is 0 Å². The molecule has 0 bridgehead atoms. The topological polar surface area (TPSA) is 64.3 Å². The highest BCUT2D eigenvalue weighted by Gasteiger charge is 2.09. The van der Waals surface area contributed by atoms with Gasteiger partial charge in [-0.3, -0.25) is 4.79 Å². The molecule has 0 aliphatic heterocycles. The Morgan fingerprint density at radius 3 is 2.56 bits per heavy atom. The van der Waals surface area contributed by atoms with Crippen molar-refractivity contribution in [2.45, 2.75) is 13.8 Å². The standard InChI is InChI=1S/C11H16N2O2.ClH/c1-7-4-5-9(13-10(14)6-12)8(2)11(7)15-3;/h4-5H,6,12H2,1-3H3,(H,13,14);1H. The molecule has 16 heavy (non-hydrogen) atoms. The number of methoxy groups -OCH3 is 1. The minimum Gasteiger partial charge on any atom is -0.496 e. The Labute approximate surface area is 102 Å². The summed E-state index contributed by atoms with van der Waals surface area (Å²) in [6.07, 6.45) is 0. The molecule has 0 fully saturated rings. The van der Waals surface area contributed by atoms with Crippen molar-refractivity contribution >= 4 is 24.0 Å². The Morgan fingerprint density at radius 1 is 1.44 bits per heavy atom. The largest absolute Gasteiger partial charge is 0.496 e. The van der Waals surface area contributed by atoms with Gasteiger partial charge in [-0.2, -0.15) is 0 Å². The van der Waals surface area contributed by atoms with E-state index in [2.05, 4.69) is 5.32 Å². The van der Waals surface area contributed by atoms with Crippen molar-refractivity contribution < 1.29 is 9.53 Å². The Morgan fingerprint density at radius 2 is 2.06 bits per heavy atom. The maximum Gasteiger partial charge on any atom is 0.238 e. The van der Waals surface area contributed by atoms with Crippen LogP contribution in [0, 0.1) is 13.8 Å². The molecular weight excluding hydrogens is 228 g/mol. The third-order valence-electron chi connectivity index (χ3n) is 2.27. The maximum absolute atomic E-state index is 11.1. The molecule has 1 aromatic rings. The Hall–Kier alpha value is -1.26. The molecule has 0 aliphatic carbocycles. The van der Waals surface area contributed by atoms with E-state index >= 15 is 0 Å². The highest BCUT2D eigenvalue weighted by molar-refractivity contribution is 5.93. The van der Waals surface area contributed by atoms with Gasteiger partial charge in [-0.15, -0.1) is 12.4 Å². The van der Waals surface area contributed by atoms with Gasteiger partial charge in [0.05, 0.1) is 13.7 Å². The second-order valence-corrected chi connectivity index (χ2v) is 3.34. The molecule has 0 atom stereocenters. The molecule has 0 unspecified atom stereocenters.